The summed E-state index contributed by atoms with van der Waals surface area (Å²) >= 11 is 6.30. The second-order valence-corrected chi connectivity index (χ2v) is 5.86. The first-order chi connectivity index (χ1) is 10.3. The van der Waals surface area contributed by atoms with Gasteiger partial charge in [-0.15, -0.1) is 0 Å². The fourth-order valence-corrected chi connectivity index (χ4v) is 3.00. The number of fused-ring (bicyclic) bond motifs is 1. The molecular formula is C18H20ClNO. The number of rotatable bonds is 6. The zero-order valence-corrected chi connectivity index (χ0v) is 13.0. The number of hydrogen-bond donors (Lipinski definition) is 1. The molecule has 0 saturated carbocycles. The van der Waals surface area contributed by atoms with E-state index >= 15 is 0 Å². The maximum absolute atomic E-state index is 6.30. The zero-order valence-electron chi connectivity index (χ0n) is 12.2. The van der Waals surface area contributed by atoms with E-state index in [2.05, 4.69) is 42.6 Å². The Morgan fingerprint density at radius 1 is 1.24 bits per heavy atom. The Balaban J connectivity index is 1.59. The number of hydrogen-bond acceptors (Lipinski definition) is 2. The van der Waals surface area contributed by atoms with Gasteiger partial charge in [-0.05, 0) is 41.8 Å². The van der Waals surface area contributed by atoms with Crippen LogP contribution in [0.4, 0.5) is 0 Å². The van der Waals surface area contributed by atoms with Crippen molar-refractivity contribution < 1.29 is 4.74 Å². The predicted octanol–water partition coefficient (Wildman–Crippen LogP) is 4.17. The highest BCUT2D eigenvalue weighted by Crippen LogP contribution is 2.36. The molecule has 0 aromatic heterocycles. The van der Waals surface area contributed by atoms with Gasteiger partial charge in [0.25, 0.3) is 0 Å². The molecule has 1 atom stereocenters. The highest BCUT2D eigenvalue weighted by Gasteiger charge is 2.26. The molecule has 1 N–H and O–H groups in total. The van der Waals surface area contributed by atoms with Crippen LogP contribution in [-0.2, 0) is 13.0 Å². The maximum atomic E-state index is 6.30. The minimum absolute atomic E-state index is 0.499. The average Bonchev–Trinajstić information content (AvgIpc) is 2.48. The van der Waals surface area contributed by atoms with Gasteiger partial charge in [0, 0.05) is 12.5 Å². The lowest BCUT2D eigenvalue weighted by Gasteiger charge is -2.30. The van der Waals surface area contributed by atoms with Crippen molar-refractivity contribution in [2.75, 3.05) is 13.2 Å². The minimum Gasteiger partial charge on any atom is -0.491 e. The summed E-state index contributed by atoms with van der Waals surface area (Å²) in [5.74, 6) is 1.28. The Hall–Kier alpha value is -1.51. The van der Waals surface area contributed by atoms with Crippen LogP contribution in [-0.4, -0.2) is 13.2 Å². The van der Waals surface area contributed by atoms with Crippen LogP contribution in [0.1, 0.15) is 29.5 Å². The molecule has 0 heterocycles. The molecule has 110 valence electrons. The average molecular weight is 302 g/mol. The van der Waals surface area contributed by atoms with Crippen LogP contribution >= 0.6 is 11.6 Å². The molecular weight excluding hydrogens is 282 g/mol. The Bertz CT molecular complexity index is 626. The van der Waals surface area contributed by atoms with Gasteiger partial charge in [0.15, 0.2) is 0 Å². The van der Waals surface area contributed by atoms with Gasteiger partial charge >= 0.3 is 0 Å². The van der Waals surface area contributed by atoms with Crippen molar-refractivity contribution in [3.63, 3.8) is 0 Å². The smallest absolute Gasteiger partial charge is 0.137 e. The second kappa shape index (κ2) is 6.50. The molecule has 0 saturated heterocycles. The number of halogens is 1. The van der Waals surface area contributed by atoms with E-state index in [0.717, 1.165) is 25.3 Å². The van der Waals surface area contributed by atoms with Crippen molar-refractivity contribution in [3.8, 4) is 5.75 Å². The van der Waals surface area contributed by atoms with E-state index in [9.17, 15) is 0 Å². The molecule has 0 bridgehead atoms. The van der Waals surface area contributed by atoms with Gasteiger partial charge in [0.1, 0.15) is 5.75 Å². The molecule has 1 aliphatic carbocycles. The van der Waals surface area contributed by atoms with Gasteiger partial charge in [-0.1, -0.05) is 48.9 Å². The van der Waals surface area contributed by atoms with E-state index in [1.807, 2.05) is 12.1 Å². The van der Waals surface area contributed by atoms with Crippen molar-refractivity contribution in [1.82, 2.24) is 5.32 Å². The van der Waals surface area contributed by atoms with Crippen molar-refractivity contribution in [1.29, 1.82) is 0 Å². The van der Waals surface area contributed by atoms with E-state index in [1.54, 1.807) is 0 Å². The first kappa shape index (κ1) is 14.4. The Morgan fingerprint density at radius 2 is 2.10 bits per heavy atom. The molecule has 2 aromatic carbocycles. The minimum atomic E-state index is 0.499. The summed E-state index contributed by atoms with van der Waals surface area (Å²) in [5, 5.41) is 3.98. The van der Waals surface area contributed by atoms with Crippen LogP contribution in [0, 0.1) is 0 Å². The first-order valence-corrected chi connectivity index (χ1v) is 7.85. The van der Waals surface area contributed by atoms with Gasteiger partial charge in [-0.2, -0.15) is 0 Å². The Labute approximate surface area is 131 Å². The quantitative estimate of drug-likeness (QED) is 0.864. The summed E-state index contributed by atoms with van der Waals surface area (Å²) in [4.78, 5) is 0. The van der Waals surface area contributed by atoms with Crippen molar-refractivity contribution in [2.45, 2.75) is 25.8 Å². The zero-order chi connectivity index (χ0) is 14.7. The van der Waals surface area contributed by atoms with E-state index in [1.165, 1.54) is 16.7 Å². The van der Waals surface area contributed by atoms with Gasteiger partial charge < -0.3 is 10.1 Å². The largest absolute Gasteiger partial charge is 0.491 e. The molecule has 2 aromatic rings. The van der Waals surface area contributed by atoms with Crippen molar-refractivity contribution in [3.05, 3.63) is 64.2 Å². The second-order valence-electron chi connectivity index (χ2n) is 5.46. The molecule has 1 unspecified atom stereocenters. The molecule has 21 heavy (non-hydrogen) atoms. The third-order valence-corrected chi connectivity index (χ3v) is 4.27. The fourth-order valence-electron chi connectivity index (χ4n) is 2.74. The molecule has 1 aliphatic rings. The Kier molecular flexibility index (Phi) is 4.47. The summed E-state index contributed by atoms with van der Waals surface area (Å²) in [7, 11) is 0. The van der Waals surface area contributed by atoms with Crippen molar-refractivity contribution in [2.24, 2.45) is 0 Å². The standard InChI is InChI=1S/C18H20ClNO/c1-2-20-11-13-7-8-18(17(19)9-13)21-12-15-10-14-5-3-4-6-16(14)15/h3-9,15,20H,2,10-12H2,1H3. The fraction of sp³-hybridized carbons (Fsp3) is 0.333. The van der Waals surface area contributed by atoms with Crippen LogP contribution in [0.25, 0.3) is 0 Å². The predicted molar refractivity (Wildman–Crippen MR) is 87.2 cm³/mol. The molecule has 3 heteroatoms. The van der Waals surface area contributed by atoms with Gasteiger partial charge in [-0.25, -0.2) is 0 Å². The Morgan fingerprint density at radius 3 is 2.86 bits per heavy atom. The van der Waals surface area contributed by atoms with Crippen LogP contribution in [0.2, 0.25) is 5.02 Å². The summed E-state index contributed by atoms with van der Waals surface area (Å²) in [6.07, 6.45) is 1.10. The van der Waals surface area contributed by atoms with Crippen molar-refractivity contribution >= 4 is 11.6 Å². The molecule has 2 nitrogen and oxygen atoms in total. The molecule has 0 amide bonds. The topological polar surface area (TPSA) is 21.3 Å². The summed E-state index contributed by atoms with van der Waals surface area (Å²) in [5.41, 5.74) is 4.04. The monoisotopic (exact) mass is 301 g/mol. The third kappa shape index (κ3) is 3.22. The number of benzene rings is 2. The van der Waals surface area contributed by atoms with Gasteiger partial charge in [0.2, 0.25) is 0 Å². The SMILES string of the molecule is CCNCc1ccc(OCC2Cc3ccccc32)c(Cl)c1. The summed E-state index contributed by atoms with van der Waals surface area (Å²) in [6, 6.07) is 14.6. The maximum Gasteiger partial charge on any atom is 0.137 e. The van der Waals surface area contributed by atoms with Gasteiger partial charge in [-0.3, -0.25) is 0 Å². The van der Waals surface area contributed by atoms with Gasteiger partial charge in [0.05, 0.1) is 11.6 Å². The van der Waals surface area contributed by atoms with Crippen LogP contribution in [0.5, 0.6) is 5.75 Å². The normalized spacial score (nSPS) is 16.2. The molecule has 0 fully saturated rings. The van der Waals surface area contributed by atoms with Crippen LogP contribution < -0.4 is 10.1 Å². The number of nitrogens with one attached hydrogen (secondary N) is 1. The number of ether oxygens (including phenoxy) is 1. The third-order valence-electron chi connectivity index (χ3n) is 3.98. The molecule has 0 radical (unpaired) electrons. The molecule has 0 aliphatic heterocycles. The van der Waals surface area contributed by atoms with E-state index in [-0.39, 0.29) is 0 Å². The lowest BCUT2D eigenvalue weighted by Crippen LogP contribution is -2.23. The van der Waals surface area contributed by atoms with Crippen LogP contribution in [0.15, 0.2) is 42.5 Å². The van der Waals surface area contributed by atoms with Crippen LogP contribution in [0.3, 0.4) is 0 Å². The highest BCUT2D eigenvalue weighted by atomic mass is 35.5. The molecule has 0 spiro atoms. The lowest BCUT2D eigenvalue weighted by molar-refractivity contribution is 0.275. The summed E-state index contributed by atoms with van der Waals surface area (Å²) in [6.45, 7) is 4.59. The first-order valence-electron chi connectivity index (χ1n) is 7.47. The van der Waals surface area contributed by atoms with E-state index in [4.69, 9.17) is 16.3 Å². The lowest BCUT2D eigenvalue weighted by atomic mass is 9.78. The van der Waals surface area contributed by atoms with E-state index < -0.39 is 0 Å². The highest BCUT2D eigenvalue weighted by molar-refractivity contribution is 6.32. The van der Waals surface area contributed by atoms with E-state index in [0.29, 0.717) is 17.5 Å². The summed E-state index contributed by atoms with van der Waals surface area (Å²) < 4.78 is 5.90. The molecule has 3 rings (SSSR count).